The fourth-order valence-electron chi connectivity index (χ4n) is 3.09. The second kappa shape index (κ2) is 8.00. The monoisotopic (exact) mass is 419 g/mol. The molecule has 2 aromatic heterocycles. The van der Waals surface area contributed by atoms with Gasteiger partial charge in [0.05, 0.1) is 17.5 Å². The van der Waals surface area contributed by atoms with Gasteiger partial charge >= 0.3 is 0 Å². The fourth-order valence-corrected chi connectivity index (χ4v) is 3.22. The van der Waals surface area contributed by atoms with Crippen LogP contribution in [0.3, 0.4) is 0 Å². The van der Waals surface area contributed by atoms with Crippen molar-refractivity contribution in [3.05, 3.63) is 99.2 Å². The minimum atomic E-state index is -0.485. The van der Waals surface area contributed by atoms with Crippen molar-refractivity contribution in [1.82, 2.24) is 9.78 Å². The molecule has 2 heterocycles. The van der Waals surface area contributed by atoms with Gasteiger partial charge in [0.15, 0.2) is 5.76 Å². The Hall–Kier alpha value is -3.64. The molecule has 0 bridgehead atoms. The van der Waals surface area contributed by atoms with Crippen LogP contribution in [-0.4, -0.2) is 15.7 Å². The van der Waals surface area contributed by atoms with Gasteiger partial charge in [-0.25, -0.2) is 4.68 Å². The van der Waals surface area contributed by atoms with Crippen molar-refractivity contribution >= 4 is 23.3 Å². The van der Waals surface area contributed by atoms with E-state index in [0.29, 0.717) is 27.5 Å². The van der Waals surface area contributed by atoms with Gasteiger partial charge in [-0.05, 0) is 55.8 Å². The lowest BCUT2D eigenvalue weighted by atomic mass is 10.1. The number of rotatable bonds is 4. The molecule has 4 aromatic rings. The lowest BCUT2D eigenvalue weighted by Crippen LogP contribution is -2.24. The summed E-state index contributed by atoms with van der Waals surface area (Å²) < 4.78 is 6.76. The van der Waals surface area contributed by atoms with Gasteiger partial charge < -0.3 is 9.73 Å². The number of benzene rings is 2. The Morgan fingerprint density at radius 2 is 1.73 bits per heavy atom. The summed E-state index contributed by atoms with van der Waals surface area (Å²) >= 11 is 6.03. The summed E-state index contributed by atoms with van der Waals surface area (Å²) in [6.07, 6.45) is 1.41. The summed E-state index contributed by atoms with van der Waals surface area (Å²) in [6.45, 7) is 3.62. The van der Waals surface area contributed by atoms with Crippen LogP contribution in [0.15, 0.2) is 76.1 Å². The largest absolute Gasteiger partial charge is 0.459 e. The number of amides is 1. The molecule has 1 amide bonds. The molecule has 0 unspecified atom stereocenters. The van der Waals surface area contributed by atoms with Crippen LogP contribution in [-0.2, 0) is 0 Å². The molecule has 6 nitrogen and oxygen atoms in total. The van der Waals surface area contributed by atoms with Crippen molar-refractivity contribution in [2.24, 2.45) is 0 Å². The highest BCUT2D eigenvalue weighted by Crippen LogP contribution is 2.28. The van der Waals surface area contributed by atoms with E-state index >= 15 is 0 Å². The van der Waals surface area contributed by atoms with E-state index in [4.69, 9.17) is 16.0 Å². The summed E-state index contributed by atoms with van der Waals surface area (Å²) in [4.78, 5) is 25.9. The third-order valence-corrected chi connectivity index (χ3v) is 4.89. The average Bonchev–Trinajstić information content (AvgIpc) is 3.28. The van der Waals surface area contributed by atoms with Crippen molar-refractivity contribution in [1.29, 1.82) is 0 Å². The molecular formula is C23H18ClN3O3. The zero-order valence-corrected chi connectivity index (χ0v) is 17.1. The SMILES string of the molecule is Cc1ccc(-n2nc(C)c(=O)c(-c3ccc(Cl)cc3)c2NC(=O)c2ccco2)cc1. The standard InChI is InChI=1S/C23H18ClN3O3/c1-14-5-11-18(12-6-14)27-22(25-23(29)19-4-3-13-30-19)20(21(28)15(2)26-27)16-7-9-17(24)10-8-16/h3-13H,1-2H3,(H,25,29). The highest BCUT2D eigenvalue weighted by molar-refractivity contribution is 6.30. The maximum Gasteiger partial charge on any atom is 0.292 e. The molecule has 0 spiro atoms. The Morgan fingerprint density at radius 3 is 2.37 bits per heavy atom. The first-order chi connectivity index (χ1) is 14.4. The molecule has 30 heavy (non-hydrogen) atoms. The molecule has 0 aliphatic heterocycles. The van der Waals surface area contributed by atoms with Crippen LogP contribution in [0.4, 0.5) is 5.82 Å². The van der Waals surface area contributed by atoms with Crippen molar-refractivity contribution in [3.8, 4) is 16.8 Å². The lowest BCUT2D eigenvalue weighted by molar-refractivity contribution is 0.0996. The minimum Gasteiger partial charge on any atom is -0.459 e. The van der Waals surface area contributed by atoms with Crippen LogP contribution < -0.4 is 10.7 Å². The van der Waals surface area contributed by atoms with Crippen LogP contribution in [0.25, 0.3) is 16.8 Å². The number of aromatic nitrogens is 2. The van der Waals surface area contributed by atoms with Crippen molar-refractivity contribution in [2.45, 2.75) is 13.8 Å². The Bertz CT molecular complexity index is 1260. The molecule has 0 saturated heterocycles. The highest BCUT2D eigenvalue weighted by atomic mass is 35.5. The molecular weight excluding hydrogens is 402 g/mol. The van der Waals surface area contributed by atoms with Gasteiger partial charge in [-0.1, -0.05) is 41.4 Å². The van der Waals surface area contributed by atoms with E-state index in [1.165, 1.54) is 6.26 Å². The van der Waals surface area contributed by atoms with Crippen LogP contribution in [0.5, 0.6) is 0 Å². The maximum atomic E-state index is 13.1. The smallest absolute Gasteiger partial charge is 0.292 e. The predicted octanol–water partition coefficient (Wildman–Crippen LogP) is 5.02. The molecule has 0 aliphatic carbocycles. The van der Waals surface area contributed by atoms with E-state index in [1.807, 2.05) is 31.2 Å². The number of nitrogens with one attached hydrogen (secondary N) is 1. The number of furan rings is 1. The van der Waals surface area contributed by atoms with E-state index in [2.05, 4.69) is 10.4 Å². The lowest BCUT2D eigenvalue weighted by Gasteiger charge is -2.18. The number of carbonyl (C=O) groups excluding carboxylic acids is 1. The molecule has 0 radical (unpaired) electrons. The van der Waals surface area contributed by atoms with Crippen molar-refractivity contribution in [2.75, 3.05) is 5.32 Å². The van der Waals surface area contributed by atoms with Gasteiger partial charge in [0.2, 0.25) is 5.43 Å². The molecule has 2 aromatic carbocycles. The number of anilines is 1. The average molecular weight is 420 g/mol. The van der Waals surface area contributed by atoms with Crippen LogP contribution in [0.2, 0.25) is 5.02 Å². The second-order valence-electron chi connectivity index (χ2n) is 6.82. The van der Waals surface area contributed by atoms with E-state index in [0.717, 1.165) is 5.56 Å². The number of hydrogen-bond donors (Lipinski definition) is 1. The van der Waals surface area contributed by atoms with Crippen molar-refractivity contribution < 1.29 is 9.21 Å². The summed E-state index contributed by atoms with van der Waals surface area (Å²) in [5.41, 5.74) is 2.74. The van der Waals surface area contributed by atoms with E-state index in [1.54, 1.807) is 48.0 Å². The van der Waals surface area contributed by atoms with E-state index in [-0.39, 0.29) is 17.0 Å². The van der Waals surface area contributed by atoms with E-state index in [9.17, 15) is 9.59 Å². The number of aryl methyl sites for hydroxylation is 2. The Balaban J connectivity index is 1.97. The first-order valence-corrected chi connectivity index (χ1v) is 9.63. The van der Waals surface area contributed by atoms with Gasteiger partial charge in [0.1, 0.15) is 11.5 Å². The third-order valence-electron chi connectivity index (χ3n) is 4.64. The number of nitrogens with zero attached hydrogens (tertiary/aromatic N) is 2. The molecule has 150 valence electrons. The minimum absolute atomic E-state index is 0.125. The second-order valence-corrected chi connectivity index (χ2v) is 7.26. The zero-order chi connectivity index (χ0) is 21.3. The fraction of sp³-hybridized carbons (Fsp3) is 0.0870. The van der Waals surface area contributed by atoms with Crippen LogP contribution in [0, 0.1) is 13.8 Å². The van der Waals surface area contributed by atoms with Gasteiger partial charge in [0, 0.05) is 5.02 Å². The van der Waals surface area contributed by atoms with E-state index < -0.39 is 5.91 Å². The topological polar surface area (TPSA) is 77.1 Å². The van der Waals surface area contributed by atoms with Crippen molar-refractivity contribution in [3.63, 3.8) is 0 Å². The first kappa shape index (κ1) is 19.7. The summed E-state index contributed by atoms with van der Waals surface area (Å²) in [6, 6.07) is 17.7. The molecule has 1 N–H and O–H groups in total. The molecule has 0 aliphatic rings. The Morgan fingerprint density at radius 1 is 1.03 bits per heavy atom. The first-order valence-electron chi connectivity index (χ1n) is 9.26. The quantitative estimate of drug-likeness (QED) is 0.504. The van der Waals surface area contributed by atoms with Gasteiger partial charge in [-0.3, -0.25) is 9.59 Å². The maximum absolute atomic E-state index is 13.1. The molecule has 7 heteroatoms. The number of hydrogen-bond acceptors (Lipinski definition) is 4. The number of carbonyl (C=O) groups is 1. The van der Waals surface area contributed by atoms with Gasteiger partial charge in [0.25, 0.3) is 5.91 Å². The molecule has 0 fully saturated rings. The zero-order valence-electron chi connectivity index (χ0n) is 16.3. The molecule has 0 saturated carbocycles. The highest BCUT2D eigenvalue weighted by Gasteiger charge is 2.21. The summed E-state index contributed by atoms with van der Waals surface area (Å²) in [5.74, 6) is -0.111. The Kier molecular flexibility index (Phi) is 5.25. The van der Waals surface area contributed by atoms with Gasteiger partial charge in [-0.2, -0.15) is 5.10 Å². The summed E-state index contributed by atoms with van der Waals surface area (Å²) in [7, 11) is 0. The van der Waals surface area contributed by atoms with Crippen LogP contribution in [0.1, 0.15) is 21.8 Å². The Labute approximate surface area is 177 Å². The molecule has 4 rings (SSSR count). The normalized spacial score (nSPS) is 10.8. The number of halogens is 1. The van der Waals surface area contributed by atoms with Crippen LogP contribution >= 0.6 is 11.6 Å². The van der Waals surface area contributed by atoms with Gasteiger partial charge in [-0.15, -0.1) is 0 Å². The summed E-state index contributed by atoms with van der Waals surface area (Å²) in [5, 5.41) is 7.80. The molecule has 0 atom stereocenters. The third kappa shape index (κ3) is 3.77. The predicted molar refractivity (Wildman–Crippen MR) is 116 cm³/mol.